The average molecular weight is 510 g/mol. The Kier molecular flexibility index (Phi) is 5.64. The van der Waals surface area contributed by atoms with Crippen LogP contribution < -0.4 is 9.62 Å². The van der Waals surface area contributed by atoms with Gasteiger partial charge in [-0.15, -0.1) is 0 Å². The maximum absolute atomic E-state index is 13.3. The molecular formula is C21H23IN2O3S. The van der Waals surface area contributed by atoms with E-state index in [0.29, 0.717) is 11.6 Å². The van der Waals surface area contributed by atoms with Gasteiger partial charge in [0.15, 0.2) is 0 Å². The van der Waals surface area contributed by atoms with Crippen molar-refractivity contribution in [2.24, 2.45) is 11.8 Å². The van der Waals surface area contributed by atoms with Crippen LogP contribution in [0.2, 0.25) is 0 Å². The first-order chi connectivity index (χ1) is 13.4. The molecule has 7 heteroatoms. The van der Waals surface area contributed by atoms with Crippen molar-refractivity contribution >= 4 is 44.2 Å². The molecule has 1 N–H and O–H groups in total. The summed E-state index contributed by atoms with van der Waals surface area (Å²) < 4.78 is 28.7. The largest absolute Gasteiger partial charge is 0.352 e. The van der Waals surface area contributed by atoms with Crippen molar-refractivity contribution in [1.82, 2.24) is 5.32 Å². The average Bonchev–Trinajstić information content (AvgIpc) is 3.31. The zero-order valence-electron chi connectivity index (χ0n) is 15.4. The Bertz CT molecular complexity index is 947. The third-order valence-electron chi connectivity index (χ3n) is 5.82. The van der Waals surface area contributed by atoms with Gasteiger partial charge in [-0.1, -0.05) is 24.6 Å². The van der Waals surface area contributed by atoms with Crippen LogP contribution in [0, 0.1) is 15.4 Å². The fourth-order valence-corrected chi connectivity index (χ4v) is 6.25. The van der Waals surface area contributed by atoms with Gasteiger partial charge < -0.3 is 5.32 Å². The SMILES string of the molecule is O=C(CN(c1ccc(I)cc1)S(=O)(=O)c1ccccc1)N[C@H]1C[C@@H]2CC[C@H]1C2. The normalized spacial score (nSPS) is 23.5. The number of carbonyl (C=O) groups is 1. The van der Waals surface area contributed by atoms with Crippen molar-refractivity contribution in [3.05, 3.63) is 58.2 Å². The molecule has 2 aliphatic rings. The van der Waals surface area contributed by atoms with E-state index in [-0.39, 0.29) is 23.4 Å². The van der Waals surface area contributed by atoms with Gasteiger partial charge in [-0.3, -0.25) is 9.10 Å². The van der Waals surface area contributed by atoms with Gasteiger partial charge in [0, 0.05) is 9.61 Å². The van der Waals surface area contributed by atoms with Crippen LogP contribution in [-0.4, -0.2) is 26.9 Å². The number of halogens is 1. The van der Waals surface area contributed by atoms with Crippen LogP contribution in [0.15, 0.2) is 59.5 Å². The van der Waals surface area contributed by atoms with Crippen molar-refractivity contribution in [3.63, 3.8) is 0 Å². The van der Waals surface area contributed by atoms with E-state index < -0.39 is 10.0 Å². The first kappa shape index (κ1) is 19.7. The Morgan fingerprint density at radius 1 is 1.04 bits per heavy atom. The Morgan fingerprint density at radius 2 is 1.75 bits per heavy atom. The Labute approximate surface area is 179 Å². The van der Waals surface area contributed by atoms with E-state index >= 15 is 0 Å². The molecule has 5 nitrogen and oxygen atoms in total. The Hall–Kier alpha value is -1.61. The molecule has 4 rings (SSSR count). The summed E-state index contributed by atoms with van der Waals surface area (Å²) in [6.07, 6.45) is 4.63. The van der Waals surface area contributed by atoms with Crippen molar-refractivity contribution in [1.29, 1.82) is 0 Å². The molecule has 2 saturated carbocycles. The summed E-state index contributed by atoms with van der Waals surface area (Å²) in [5.74, 6) is 1.03. The summed E-state index contributed by atoms with van der Waals surface area (Å²) in [7, 11) is -3.84. The number of amides is 1. The predicted molar refractivity (Wildman–Crippen MR) is 118 cm³/mol. The lowest BCUT2D eigenvalue weighted by molar-refractivity contribution is -0.120. The molecule has 2 fully saturated rings. The molecule has 0 radical (unpaired) electrons. The molecule has 148 valence electrons. The number of anilines is 1. The van der Waals surface area contributed by atoms with E-state index in [1.807, 2.05) is 12.1 Å². The number of nitrogens with zero attached hydrogens (tertiary/aromatic N) is 1. The highest BCUT2D eigenvalue weighted by atomic mass is 127. The van der Waals surface area contributed by atoms with Gasteiger partial charge in [0.25, 0.3) is 10.0 Å². The summed E-state index contributed by atoms with van der Waals surface area (Å²) in [6.45, 7) is -0.217. The number of nitrogens with one attached hydrogen (secondary N) is 1. The van der Waals surface area contributed by atoms with Gasteiger partial charge >= 0.3 is 0 Å². The molecule has 0 aromatic heterocycles. The first-order valence-electron chi connectivity index (χ1n) is 9.56. The topological polar surface area (TPSA) is 66.5 Å². The summed E-state index contributed by atoms with van der Waals surface area (Å²) in [5.41, 5.74) is 0.493. The maximum Gasteiger partial charge on any atom is 0.264 e. The van der Waals surface area contributed by atoms with E-state index in [9.17, 15) is 13.2 Å². The first-order valence-corrected chi connectivity index (χ1v) is 12.1. The molecule has 3 atom stereocenters. The molecule has 2 aliphatic carbocycles. The van der Waals surface area contributed by atoms with Gasteiger partial charge in [0.2, 0.25) is 5.91 Å². The number of hydrogen-bond acceptors (Lipinski definition) is 3. The van der Waals surface area contributed by atoms with Crippen LogP contribution in [0.1, 0.15) is 25.7 Å². The van der Waals surface area contributed by atoms with Crippen LogP contribution in [0.5, 0.6) is 0 Å². The number of fused-ring (bicyclic) bond motifs is 2. The summed E-state index contributed by atoms with van der Waals surface area (Å²) in [6, 6.07) is 15.6. The van der Waals surface area contributed by atoms with Gasteiger partial charge in [0.1, 0.15) is 6.54 Å². The maximum atomic E-state index is 13.3. The van der Waals surface area contributed by atoms with Gasteiger partial charge in [-0.2, -0.15) is 0 Å². The lowest BCUT2D eigenvalue weighted by Crippen LogP contribution is -2.46. The zero-order chi connectivity index (χ0) is 19.7. The number of sulfonamides is 1. The molecule has 2 aromatic carbocycles. The van der Waals surface area contributed by atoms with E-state index in [4.69, 9.17) is 0 Å². The molecule has 28 heavy (non-hydrogen) atoms. The lowest BCUT2D eigenvalue weighted by Gasteiger charge is -2.27. The highest BCUT2D eigenvalue weighted by Gasteiger charge is 2.40. The minimum absolute atomic E-state index is 0.182. The smallest absolute Gasteiger partial charge is 0.264 e. The number of carbonyl (C=O) groups excluding carboxylic acids is 1. The molecule has 2 aromatic rings. The van der Waals surface area contributed by atoms with Crippen molar-refractivity contribution < 1.29 is 13.2 Å². The van der Waals surface area contributed by atoms with Gasteiger partial charge in [0.05, 0.1) is 10.6 Å². The minimum atomic E-state index is -3.84. The summed E-state index contributed by atoms with van der Waals surface area (Å²) >= 11 is 2.17. The van der Waals surface area contributed by atoms with Gasteiger partial charge in [-0.05, 0) is 90.1 Å². The third kappa shape index (κ3) is 4.05. The highest BCUT2D eigenvalue weighted by Crippen LogP contribution is 2.44. The Morgan fingerprint density at radius 3 is 2.36 bits per heavy atom. The molecular weight excluding hydrogens is 487 g/mol. The minimum Gasteiger partial charge on any atom is -0.352 e. The molecule has 0 heterocycles. The quantitative estimate of drug-likeness (QED) is 0.602. The van der Waals surface area contributed by atoms with Crippen LogP contribution in [0.3, 0.4) is 0 Å². The fraction of sp³-hybridized carbons (Fsp3) is 0.381. The van der Waals surface area contributed by atoms with Crippen molar-refractivity contribution in [2.75, 3.05) is 10.8 Å². The fourth-order valence-electron chi connectivity index (χ4n) is 4.45. The van der Waals surface area contributed by atoms with Crippen molar-refractivity contribution in [3.8, 4) is 0 Å². The second kappa shape index (κ2) is 8.02. The lowest BCUT2D eigenvalue weighted by atomic mass is 9.95. The standard InChI is InChI=1S/C21H23IN2O3S/c22-17-8-10-18(11-9-17)24(28(26,27)19-4-2-1-3-5-19)14-21(25)23-20-13-15-6-7-16(20)12-15/h1-5,8-11,15-16,20H,6-7,12-14H2,(H,23,25)/t15-,16+,20+/m1/s1. The zero-order valence-corrected chi connectivity index (χ0v) is 18.4. The molecule has 0 unspecified atom stereocenters. The number of hydrogen-bond donors (Lipinski definition) is 1. The van der Waals surface area contributed by atoms with Crippen LogP contribution in [0.4, 0.5) is 5.69 Å². The van der Waals surface area contributed by atoms with Crippen LogP contribution >= 0.6 is 22.6 Å². The van der Waals surface area contributed by atoms with E-state index in [2.05, 4.69) is 27.9 Å². The number of benzene rings is 2. The Balaban J connectivity index is 1.58. The molecule has 2 bridgehead atoms. The van der Waals surface area contributed by atoms with Crippen LogP contribution in [0.25, 0.3) is 0 Å². The second-order valence-corrected chi connectivity index (χ2v) is 10.8. The molecule has 0 saturated heterocycles. The molecule has 0 spiro atoms. The van der Waals surface area contributed by atoms with Crippen LogP contribution in [-0.2, 0) is 14.8 Å². The van der Waals surface area contributed by atoms with E-state index in [1.54, 1.807) is 42.5 Å². The summed E-state index contributed by atoms with van der Waals surface area (Å²) in [4.78, 5) is 13.0. The van der Waals surface area contributed by atoms with E-state index in [0.717, 1.165) is 15.9 Å². The van der Waals surface area contributed by atoms with E-state index in [1.165, 1.54) is 23.6 Å². The predicted octanol–water partition coefficient (Wildman–Crippen LogP) is 3.79. The van der Waals surface area contributed by atoms with Gasteiger partial charge in [-0.25, -0.2) is 8.42 Å². The molecule has 1 amide bonds. The second-order valence-electron chi connectivity index (χ2n) is 7.65. The summed E-state index contributed by atoms with van der Waals surface area (Å²) in [5, 5.41) is 3.10. The monoisotopic (exact) mass is 510 g/mol. The number of rotatable bonds is 6. The highest BCUT2D eigenvalue weighted by molar-refractivity contribution is 14.1. The third-order valence-corrected chi connectivity index (χ3v) is 8.32. The van der Waals surface area contributed by atoms with Crippen molar-refractivity contribution in [2.45, 2.75) is 36.6 Å². The molecule has 0 aliphatic heterocycles.